The SMILES string of the molecule is CC[C@@]1(O)C(=O)OCc2c1cc1n(c2=O)Cc2c-1nc1ccccc1c2CNc1ccccc1OC. The van der Waals surface area contributed by atoms with E-state index in [0.717, 1.165) is 33.5 Å². The molecule has 0 unspecified atom stereocenters. The van der Waals surface area contributed by atoms with Crippen molar-refractivity contribution in [3.05, 3.63) is 87.2 Å². The number of carbonyl (C=O) groups is 1. The van der Waals surface area contributed by atoms with Crippen LogP contribution in [0.4, 0.5) is 5.69 Å². The molecule has 0 saturated carbocycles. The maximum atomic E-state index is 13.6. The first-order valence-electron chi connectivity index (χ1n) is 11.9. The number of ether oxygens (including phenoxy) is 2. The van der Waals surface area contributed by atoms with E-state index >= 15 is 0 Å². The van der Waals surface area contributed by atoms with Crippen LogP contribution < -0.4 is 15.6 Å². The van der Waals surface area contributed by atoms with Crippen molar-refractivity contribution in [3.63, 3.8) is 0 Å². The lowest BCUT2D eigenvalue weighted by atomic mass is 9.86. The summed E-state index contributed by atoms with van der Waals surface area (Å²) in [5.74, 6) is 0.0106. The van der Waals surface area contributed by atoms with Gasteiger partial charge < -0.3 is 24.5 Å². The van der Waals surface area contributed by atoms with E-state index in [0.29, 0.717) is 35.6 Å². The first-order valence-corrected chi connectivity index (χ1v) is 11.9. The molecule has 0 bridgehead atoms. The number of rotatable bonds is 5. The Morgan fingerprint density at radius 3 is 2.72 bits per heavy atom. The smallest absolute Gasteiger partial charge is 0.343 e. The molecule has 0 amide bonds. The lowest BCUT2D eigenvalue weighted by Gasteiger charge is -2.31. The van der Waals surface area contributed by atoms with Crippen LogP contribution in [0.1, 0.15) is 35.6 Å². The highest BCUT2D eigenvalue weighted by molar-refractivity contribution is 5.89. The molecule has 2 aliphatic heterocycles. The van der Waals surface area contributed by atoms with E-state index in [4.69, 9.17) is 14.5 Å². The van der Waals surface area contributed by atoms with Crippen molar-refractivity contribution in [1.29, 1.82) is 0 Å². The first-order chi connectivity index (χ1) is 17.5. The lowest BCUT2D eigenvalue weighted by molar-refractivity contribution is -0.172. The molecule has 4 heterocycles. The number of pyridine rings is 2. The summed E-state index contributed by atoms with van der Waals surface area (Å²) in [5, 5.41) is 15.6. The van der Waals surface area contributed by atoms with Crippen LogP contribution in [0.3, 0.4) is 0 Å². The molecule has 2 aromatic carbocycles. The summed E-state index contributed by atoms with van der Waals surface area (Å²) in [6.45, 7) is 2.39. The van der Waals surface area contributed by atoms with Crippen LogP contribution in [-0.4, -0.2) is 27.7 Å². The average Bonchev–Trinajstić information content (AvgIpc) is 3.28. The molecule has 6 rings (SSSR count). The second-order valence-corrected chi connectivity index (χ2v) is 9.09. The monoisotopic (exact) mass is 483 g/mol. The van der Waals surface area contributed by atoms with Crippen LogP contribution in [0.15, 0.2) is 59.4 Å². The predicted molar refractivity (Wildman–Crippen MR) is 135 cm³/mol. The molecule has 0 aliphatic carbocycles. The maximum absolute atomic E-state index is 13.6. The molecule has 8 nitrogen and oxygen atoms in total. The number of carbonyl (C=O) groups excluding carboxylic acids is 1. The Morgan fingerprint density at radius 1 is 1.14 bits per heavy atom. The van der Waals surface area contributed by atoms with Crippen LogP contribution >= 0.6 is 0 Å². The molecule has 2 aliphatic rings. The fourth-order valence-electron chi connectivity index (χ4n) is 5.29. The number of esters is 1. The molecule has 36 heavy (non-hydrogen) atoms. The number of anilines is 1. The van der Waals surface area contributed by atoms with Crippen LogP contribution in [0.5, 0.6) is 5.75 Å². The van der Waals surface area contributed by atoms with Crippen molar-refractivity contribution in [2.75, 3.05) is 12.4 Å². The van der Waals surface area contributed by atoms with E-state index in [2.05, 4.69) is 5.32 Å². The quantitative estimate of drug-likeness (QED) is 0.368. The molecule has 2 aromatic heterocycles. The number of para-hydroxylation sites is 3. The molecule has 0 fully saturated rings. The molecule has 2 N–H and O–H groups in total. The topological polar surface area (TPSA) is 103 Å². The minimum Gasteiger partial charge on any atom is -0.495 e. The van der Waals surface area contributed by atoms with Crippen LogP contribution in [0.2, 0.25) is 0 Å². The third kappa shape index (κ3) is 3.14. The third-order valence-electron chi connectivity index (χ3n) is 7.28. The van der Waals surface area contributed by atoms with Crippen LogP contribution in [0.25, 0.3) is 22.3 Å². The Labute approximate surface area is 207 Å². The zero-order valence-corrected chi connectivity index (χ0v) is 20.0. The van der Waals surface area contributed by atoms with Crippen molar-refractivity contribution in [2.24, 2.45) is 0 Å². The van der Waals surface area contributed by atoms with Crippen molar-refractivity contribution in [1.82, 2.24) is 9.55 Å². The lowest BCUT2D eigenvalue weighted by Crippen LogP contribution is -2.44. The van der Waals surface area contributed by atoms with Gasteiger partial charge in [-0.15, -0.1) is 0 Å². The van der Waals surface area contributed by atoms with Gasteiger partial charge in [-0.25, -0.2) is 9.78 Å². The van der Waals surface area contributed by atoms with E-state index in [9.17, 15) is 14.7 Å². The Morgan fingerprint density at radius 2 is 1.92 bits per heavy atom. The van der Waals surface area contributed by atoms with Crippen molar-refractivity contribution >= 4 is 22.6 Å². The van der Waals surface area contributed by atoms with Gasteiger partial charge in [0, 0.05) is 23.1 Å². The number of methoxy groups -OCH3 is 1. The summed E-state index contributed by atoms with van der Waals surface area (Å²) < 4.78 is 12.3. The number of nitrogens with one attached hydrogen (secondary N) is 1. The molecule has 0 radical (unpaired) electrons. The van der Waals surface area contributed by atoms with E-state index in [1.807, 2.05) is 48.5 Å². The predicted octanol–water partition coefficient (Wildman–Crippen LogP) is 3.70. The molecule has 1 atom stereocenters. The molecule has 0 saturated heterocycles. The molecular formula is C28H25N3O5. The summed E-state index contributed by atoms with van der Waals surface area (Å²) in [6, 6.07) is 17.3. The largest absolute Gasteiger partial charge is 0.495 e. The number of aliphatic hydroxyl groups is 1. The molecule has 4 aromatic rings. The van der Waals surface area contributed by atoms with Gasteiger partial charge in [0.15, 0.2) is 5.60 Å². The van der Waals surface area contributed by atoms with E-state index in [1.165, 1.54) is 0 Å². The van der Waals surface area contributed by atoms with Gasteiger partial charge >= 0.3 is 5.97 Å². The third-order valence-corrected chi connectivity index (χ3v) is 7.28. The van der Waals surface area contributed by atoms with Gasteiger partial charge in [-0.3, -0.25) is 4.79 Å². The van der Waals surface area contributed by atoms with E-state index in [-0.39, 0.29) is 18.6 Å². The molecule has 0 spiro atoms. The molecule has 8 heteroatoms. The standard InChI is InChI=1S/C28H25N3O5/c1-3-28(34)20-12-23-25-18(14-31(23)26(32)19(20)15-36-27(28)33)17(16-8-4-5-9-21(16)30-25)13-29-22-10-6-7-11-24(22)35-2/h4-12,29,34H,3,13-15H2,1-2H3/t28-/m0/s1. The number of hydrogen-bond acceptors (Lipinski definition) is 7. The summed E-state index contributed by atoms with van der Waals surface area (Å²) in [7, 11) is 1.64. The van der Waals surface area contributed by atoms with Gasteiger partial charge in [0.2, 0.25) is 0 Å². The summed E-state index contributed by atoms with van der Waals surface area (Å²) in [5.41, 5.74) is 3.41. The number of hydrogen-bond donors (Lipinski definition) is 2. The number of cyclic esters (lactones) is 1. The summed E-state index contributed by atoms with van der Waals surface area (Å²) in [4.78, 5) is 30.9. The van der Waals surface area contributed by atoms with E-state index in [1.54, 1.807) is 24.7 Å². The highest BCUT2D eigenvalue weighted by Gasteiger charge is 2.45. The Kier molecular flexibility index (Phi) is 5.08. The van der Waals surface area contributed by atoms with Gasteiger partial charge in [0.25, 0.3) is 5.56 Å². The van der Waals surface area contributed by atoms with E-state index < -0.39 is 11.6 Å². The maximum Gasteiger partial charge on any atom is 0.343 e. The highest BCUT2D eigenvalue weighted by Crippen LogP contribution is 2.40. The Balaban J connectivity index is 1.53. The summed E-state index contributed by atoms with van der Waals surface area (Å²) >= 11 is 0. The zero-order valence-electron chi connectivity index (χ0n) is 20.0. The molecule has 182 valence electrons. The second kappa shape index (κ2) is 8.20. The van der Waals surface area contributed by atoms with Gasteiger partial charge in [0.1, 0.15) is 12.4 Å². The first kappa shape index (κ1) is 22.3. The molecular weight excluding hydrogens is 458 g/mol. The highest BCUT2D eigenvalue weighted by atomic mass is 16.6. The van der Waals surface area contributed by atoms with Crippen molar-refractivity contribution in [2.45, 2.75) is 38.6 Å². The summed E-state index contributed by atoms with van der Waals surface area (Å²) in [6.07, 6.45) is 0.105. The van der Waals surface area contributed by atoms with Gasteiger partial charge in [0.05, 0.1) is 41.8 Å². The number of nitrogens with zero attached hydrogens (tertiary/aromatic N) is 2. The van der Waals surface area contributed by atoms with Gasteiger partial charge in [-0.2, -0.15) is 0 Å². The zero-order chi connectivity index (χ0) is 25.0. The van der Waals surface area contributed by atoms with Crippen molar-refractivity contribution < 1.29 is 19.4 Å². The van der Waals surface area contributed by atoms with Gasteiger partial charge in [-0.1, -0.05) is 37.3 Å². The Bertz CT molecular complexity index is 1610. The number of benzene rings is 2. The average molecular weight is 484 g/mol. The van der Waals surface area contributed by atoms with Crippen molar-refractivity contribution in [3.8, 4) is 17.1 Å². The normalized spacial score (nSPS) is 17.8. The minimum absolute atomic E-state index is 0.105. The Hall–Kier alpha value is -4.17. The number of fused-ring (bicyclic) bond motifs is 5. The fourth-order valence-corrected chi connectivity index (χ4v) is 5.29. The van der Waals surface area contributed by atoms with Gasteiger partial charge in [-0.05, 0) is 36.2 Å². The van der Waals surface area contributed by atoms with Crippen LogP contribution in [-0.2, 0) is 34.8 Å². The minimum atomic E-state index is -1.85. The van der Waals surface area contributed by atoms with Crippen LogP contribution in [0, 0.1) is 0 Å². The fraction of sp³-hybridized carbons (Fsp3) is 0.250. The number of aromatic nitrogens is 2. The second-order valence-electron chi connectivity index (χ2n) is 9.09.